The largest absolute Gasteiger partial charge is 0.314 e. The van der Waals surface area contributed by atoms with Crippen molar-refractivity contribution in [3.8, 4) is 0 Å². The fourth-order valence-electron chi connectivity index (χ4n) is 2.77. The van der Waals surface area contributed by atoms with Gasteiger partial charge in [-0.05, 0) is 65.1 Å². The number of nitrogens with one attached hydrogen (secondary N) is 2. The second-order valence-electron chi connectivity index (χ2n) is 6.28. The van der Waals surface area contributed by atoms with Gasteiger partial charge in [-0.3, -0.25) is 0 Å². The molecule has 0 aromatic carbocycles. The molecule has 1 atom stereocenters. The first-order chi connectivity index (χ1) is 9.55. The summed E-state index contributed by atoms with van der Waals surface area (Å²) in [6.45, 7) is 5.97. The highest BCUT2D eigenvalue weighted by Gasteiger charge is 2.20. The number of hydrogen-bond donors (Lipinski definition) is 2. The first-order valence-corrected chi connectivity index (χ1v) is 9.66. The summed E-state index contributed by atoms with van der Waals surface area (Å²) in [7, 11) is -3.11. The third-order valence-corrected chi connectivity index (χ3v) is 5.55. The smallest absolute Gasteiger partial charge is 0.211 e. The molecule has 1 unspecified atom stereocenters. The topological polar surface area (TPSA) is 61.4 Å². The maximum absolute atomic E-state index is 12.0. The Morgan fingerprint density at radius 2 is 1.90 bits per heavy atom. The number of unbranched alkanes of at least 4 members (excludes halogenated alkanes) is 1. The summed E-state index contributed by atoms with van der Waals surface area (Å²) in [5.41, 5.74) is 0. The van der Waals surface area contributed by atoms with Crippen LogP contribution in [0.2, 0.25) is 0 Å². The lowest BCUT2D eigenvalue weighted by Gasteiger charge is -2.21. The fraction of sp³-hybridized carbons (Fsp3) is 1.00. The Balaban J connectivity index is 1.56. The van der Waals surface area contributed by atoms with Crippen molar-refractivity contribution >= 4 is 10.0 Å². The molecule has 1 heterocycles. The fourth-order valence-corrected chi connectivity index (χ4v) is 4.16. The molecular formula is C14H29N3O2S. The number of likely N-dealkylation sites (tertiary alicyclic amines) is 1. The summed E-state index contributed by atoms with van der Waals surface area (Å²) < 4.78 is 26.8. The van der Waals surface area contributed by atoms with Crippen molar-refractivity contribution in [3.63, 3.8) is 0 Å². The van der Waals surface area contributed by atoms with Gasteiger partial charge in [0, 0.05) is 18.6 Å². The highest BCUT2D eigenvalue weighted by molar-refractivity contribution is 7.89. The van der Waals surface area contributed by atoms with Crippen LogP contribution < -0.4 is 10.0 Å². The van der Waals surface area contributed by atoms with Gasteiger partial charge in [-0.15, -0.1) is 0 Å². The molecule has 1 aliphatic heterocycles. The van der Waals surface area contributed by atoms with Gasteiger partial charge in [0.25, 0.3) is 0 Å². The normalized spacial score (nSPS) is 22.2. The molecule has 118 valence electrons. The Morgan fingerprint density at radius 1 is 1.20 bits per heavy atom. The molecule has 2 rings (SSSR count). The maximum Gasteiger partial charge on any atom is 0.211 e. The van der Waals surface area contributed by atoms with Crippen LogP contribution >= 0.6 is 0 Å². The van der Waals surface area contributed by atoms with Crippen molar-refractivity contribution in [2.45, 2.75) is 57.5 Å². The molecule has 2 aliphatic rings. The zero-order chi connectivity index (χ0) is 14.4. The SMILES string of the molecule is CC(CN1CCCC1)NS(=O)(=O)CCCCNC1CC1. The van der Waals surface area contributed by atoms with Crippen molar-refractivity contribution in [2.75, 3.05) is 31.9 Å². The van der Waals surface area contributed by atoms with Crippen LogP contribution in [-0.2, 0) is 10.0 Å². The van der Waals surface area contributed by atoms with Crippen LogP contribution in [0.1, 0.15) is 45.4 Å². The van der Waals surface area contributed by atoms with Crippen LogP contribution in [0.25, 0.3) is 0 Å². The van der Waals surface area contributed by atoms with E-state index >= 15 is 0 Å². The lowest BCUT2D eigenvalue weighted by atomic mass is 10.3. The van der Waals surface area contributed by atoms with E-state index in [9.17, 15) is 8.42 Å². The van der Waals surface area contributed by atoms with E-state index < -0.39 is 10.0 Å². The van der Waals surface area contributed by atoms with Gasteiger partial charge in [-0.2, -0.15) is 0 Å². The number of sulfonamides is 1. The van der Waals surface area contributed by atoms with Crippen molar-refractivity contribution in [1.82, 2.24) is 14.9 Å². The zero-order valence-electron chi connectivity index (χ0n) is 12.6. The number of rotatable bonds is 10. The minimum absolute atomic E-state index is 0.0164. The maximum atomic E-state index is 12.0. The van der Waals surface area contributed by atoms with Gasteiger partial charge in [-0.1, -0.05) is 0 Å². The van der Waals surface area contributed by atoms with Crippen LogP contribution in [0.5, 0.6) is 0 Å². The van der Waals surface area contributed by atoms with Gasteiger partial charge >= 0.3 is 0 Å². The number of nitrogens with zero attached hydrogens (tertiary/aromatic N) is 1. The molecular weight excluding hydrogens is 274 g/mol. The van der Waals surface area contributed by atoms with Gasteiger partial charge < -0.3 is 10.2 Å². The summed E-state index contributed by atoms with van der Waals surface area (Å²) in [6, 6.07) is 0.730. The predicted molar refractivity (Wildman–Crippen MR) is 82.3 cm³/mol. The standard InChI is InChI=1S/C14H29N3O2S/c1-13(12-17-9-3-4-10-17)16-20(18,19)11-5-2-8-15-14-6-7-14/h13-16H,2-12H2,1H3. The molecule has 2 fully saturated rings. The molecule has 20 heavy (non-hydrogen) atoms. The van der Waals surface area contributed by atoms with E-state index in [4.69, 9.17) is 0 Å². The van der Waals surface area contributed by atoms with E-state index in [0.717, 1.165) is 39.0 Å². The van der Waals surface area contributed by atoms with E-state index in [-0.39, 0.29) is 11.8 Å². The van der Waals surface area contributed by atoms with Crippen molar-refractivity contribution in [2.24, 2.45) is 0 Å². The minimum Gasteiger partial charge on any atom is -0.314 e. The summed E-state index contributed by atoms with van der Waals surface area (Å²) in [5.74, 6) is 0.254. The second-order valence-corrected chi connectivity index (χ2v) is 8.15. The van der Waals surface area contributed by atoms with Crippen LogP contribution in [0.3, 0.4) is 0 Å². The molecule has 0 spiro atoms. The second kappa shape index (κ2) is 7.73. The van der Waals surface area contributed by atoms with Gasteiger partial charge in [0.1, 0.15) is 0 Å². The first kappa shape index (κ1) is 16.2. The quantitative estimate of drug-likeness (QED) is 0.589. The lowest BCUT2D eigenvalue weighted by molar-refractivity contribution is 0.312. The van der Waals surface area contributed by atoms with Gasteiger partial charge in [0.2, 0.25) is 10.0 Å². The molecule has 5 nitrogen and oxygen atoms in total. The summed E-state index contributed by atoms with van der Waals surface area (Å²) >= 11 is 0. The molecule has 2 N–H and O–H groups in total. The summed E-state index contributed by atoms with van der Waals surface area (Å²) in [5, 5.41) is 3.41. The molecule has 0 amide bonds. The summed E-state index contributed by atoms with van der Waals surface area (Å²) in [4.78, 5) is 2.34. The van der Waals surface area contributed by atoms with E-state index in [1.165, 1.54) is 25.7 Å². The Morgan fingerprint density at radius 3 is 2.55 bits per heavy atom. The Bertz CT molecular complexity index is 376. The summed E-state index contributed by atoms with van der Waals surface area (Å²) in [6.07, 6.45) is 6.74. The number of hydrogen-bond acceptors (Lipinski definition) is 4. The zero-order valence-corrected chi connectivity index (χ0v) is 13.4. The Labute approximate surface area is 123 Å². The molecule has 1 aliphatic carbocycles. The van der Waals surface area contributed by atoms with Crippen LogP contribution in [0, 0.1) is 0 Å². The van der Waals surface area contributed by atoms with Crippen molar-refractivity contribution < 1.29 is 8.42 Å². The van der Waals surface area contributed by atoms with Crippen molar-refractivity contribution in [1.29, 1.82) is 0 Å². The third kappa shape index (κ3) is 6.52. The molecule has 0 aromatic heterocycles. The van der Waals surface area contributed by atoms with E-state index in [1.807, 2.05) is 6.92 Å². The predicted octanol–water partition coefficient (Wildman–Crippen LogP) is 0.922. The first-order valence-electron chi connectivity index (χ1n) is 8.01. The van der Waals surface area contributed by atoms with Gasteiger partial charge in [0.05, 0.1) is 5.75 Å². The highest BCUT2D eigenvalue weighted by atomic mass is 32.2. The molecule has 0 bridgehead atoms. The van der Waals surface area contributed by atoms with Crippen molar-refractivity contribution in [3.05, 3.63) is 0 Å². The molecule has 6 heteroatoms. The van der Waals surface area contributed by atoms with Gasteiger partial charge in [0.15, 0.2) is 0 Å². The average Bonchev–Trinajstić information content (AvgIpc) is 3.04. The Hall–Kier alpha value is -0.170. The monoisotopic (exact) mass is 303 g/mol. The lowest BCUT2D eigenvalue weighted by Crippen LogP contribution is -2.42. The average molecular weight is 303 g/mol. The molecule has 1 saturated heterocycles. The highest BCUT2D eigenvalue weighted by Crippen LogP contribution is 2.18. The van der Waals surface area contributed by atoms with E-state index in [0.29, 0.717) is 6.04 Å². The minimum atomic E-state index is -3.11. The van der Waals surface area contributed by atoms with Crippen LogP contribution in [0.15, 0.2) is 0 Å². The Kier molecular flexibility index (Phi) is 6.26. The van der Waals surface area contributed by atoms with Crippen LogP contribution in [0.4, 0.5) is 0 Å². The molecule has 1 saturated carbocycles. The van der Waals surface area contributed by atoms with Gasteiger partial charge in [-0.25, -0.2) is 13.1 Å². The molecule has 0 radical (unpaired) electrons. The third-order valence-electron chi connectivity index (χ3n) is 3.96. The van der Waals surface area contributed by atoms with E-state index in [2.05, 4.69) is 14.9 Å². The van der Waals surface area contributed by atoms with Crippen LogP contribution in [-0.4, -0.2) is 57.3 Å². The molecule has 0 aromatic rings. The van der Waals surface area contributed by atoms with E-state index in [1.54, 1.807) is 0 Å².